The third-order valence-electron chi connectivity index (χ3n) is 4.99. The van der Waals surface area contributed by atoms with Gasteiger partial charge in [0.1, 0.15) is 5.69 Å². The van der Waals surface area contributed by atoms with E-state index < -0.39 is 0 Å². The Balaban J connectivity index is 1.50. The number of rotatable bonds is 4. The van der Waals surface area contributed by atoms with E-state index in [-0.39, 0.29) is 17.7 Å². The first kappa shape index (κ1) is 17.9. The van der Waals surface area contributed by atoms with Crippen molar-refractivity contribution in [2.45, 2.75) is 26.3 Å². The maximum atomic E-state index is 13.0. The van der Waals surface area contributed by atoms with Gasteiger partial charge in [-0.25, -0.2) is 4.98 Å². The van der Waals surface area contributed by atoms with Crippen LogP contribution in [0.25, 0.3) is 0 Å². The molecule has 1 aliphatic heterocycles. The highest BCUT2D eigenvalue weighted by molar-refractivity contribution is 6.06. The molecular formula is C23H21N3O2. The fraction of sp³-hybridized carbons (Fsp3) is 0.174. The molecule has 1 atom stereocenters. The number of Topliss-reactive ketones (excluding diaryl/α,β-unsaturated/α-hetero) is 1. The minimum absolute atomic E-state index is 0.0359. The van der Waals surface area contributed by atoms with Crippen molar-refractivity contribution < 1.29 is 9.59 Å². The molecule has 0 bridgehead atoms. The van der Waals surface area contributed by atoms with Crippen LogP contribution in [0.1, 0.15) is 40.3 Å². The predicted molar refractivity (Wildman–Crippen MR) is 110 cm³/mol. The number of para-hydroxylation sites is 1. The number of carbonyl (C=O) groups is 2. The lowest BCUT2D eigenvalue weighted by Gasteiger charge is -2.22. The van der Waals surface area contributed by atoms with Crippen LogP contribution < -0.4 is 10.2 Å². The molecule has 0 aliphatic carbocycles. The molecule has 140 valence electrons. The average molecular weight is 371 g/mol. The minimum atomic E-state index is -0.0881. The molecule has 1 aliphatic rings. The molecule has 0 radical (unpaired) electrons. The molecule has 0 spiro atoms. The van der Waals surface area contributed by atoms with Crippen LogP contribution in [0.15, 0.2) is 66.9 Å². The highest BCUT2D eigenvalue weighted by atomic mass is 16.2. The van der Waals surface area contributed by atoms with E-state index in [1.165, 1.54) is 5.56 Å². The van der Waals surface area contributed by atoms with Gasteiger partial charge in [-0.2, -0.15) is 0 Å². The number of carbonyl (C=O) groups excluding carboxylic acids is 2. The molecule has 1 amide bonds. The van der Waals surface area contributed by atoms with E-state index in [4.69, 9.17) is 0 Å². The number of anilines is 3. The van der Waals surface area contributed by atoms with Crippen LogP contribution in [0, 0.1) is 0 Å². The van der Waals surface area contributed by atoms with Crippen molar-refractivity contribution in [3.05, 3.63) is 83.7 Å². The first-order chi connectivity index (χ1) is 13.5. The Morgan fingerprint density at radius 3 is 2.39 bits per heavy atom. The summed E-state index contributed by atoms with van der Waals surface area (Å²) < 4.78 is 0. The largest absolute Gasteiger partial charge is 0.354 e. The van der Waals surface area contributed by atoms with Crippen LogP contribution in [0.4, 0.5) is 17.1 Å². The van der Waals surface area contributed by atoms with E-state index >= 15 is 0 Å². The zero-order chi connectivity index (χ0) is 19.7. The molecule has 3 aromatic rings. The lowest BCUT2D eigenvalue weighted by atomic mass is 10.1. The van der Waals surface area contributed by atoms with Gasteiger partial charge in [-0.05, 0) is 68.3 Å². The third-order valence-corrected chi connectivity index (χ3v) is 4.99. The van der Waals surface area contributed by atoms with E-state index in [9.17, 15) is 9.59 Å². The lowest BCUT2D eigenvalue weighted by molar-refractivity contribution is 0.0975. The molecular weight excluding hydrogens is 350 g/mol. The molecule has 5 nitrogen and oxygen atoms in total. The Morgan fingerprint density at radius 1 is 1.00 bits per heavy atom. The number of fused-ring (bicyclic) bond motifs is 1. The van der Waals surface area contributed by atoms with Crippen LogP contribution in [-0.4, -0.2) is 22.7 Å². The fourth-order valence-electron chi connectivity index (χ4n) is 3.55. The second kappa shape index (κ2) is 7.27. The van der Waals surface area contributed by atoms with Crippen LogP contribution in [0.2, 0.25) is 0 Å². The predicted octanol–water partition coefficient (Wildman–Crippen LogP) is 4.62. The SMILES string of the molecule is CC(=O)c1ccc(Nc2ccc(C(=O)N3c4ccccc4CC3C)nc2)cc1. The maximum Gasteiger partial charge on any atom is 0.277 e. The zero-order valence-electron chi connectivity index (χ0n) is 15.8. The molecule has 2 aromatic carbocycles. The van der Waals surface area contributed by atoms with E-state index in [1.807, 2.05) is 41.3 Å². The van der Waals surface area contributed by atoms with Crippen LogP contribution in [0.3, 0.4) is 0 Å². The Bertz CT molecular complexity index is 1030. The number of nitrogens with one attached hydrogen (secondary N) is 1. The summed E-state index contributed by atoms with van der Waals surface area (Å²) in [5.74, 6) is -0.0522. The Morgan fingerprint density at radius 2 is 1.71 bits per heavy atom. The van der Waals surface area contributed by atoms with Gasteiger partial charge in [0.2, 0.25) is 0 Å². The Labute approximate surface area is 164 Å². The fourth-order valence-corrected chi connectivity index (χ4v) is 3.55. The van der Waals surface area contributed by atoms with E-state index in [0.717, 1.165) is 23.5 Å². The molecule has 5 heteroatoms. The van der Waals surface area contributed by atoms with Gasteiger partial charge < -0.3 is 10.2 Å². The first-order valence-electron chi connectivity index (χ1n) is 9.28. The van der Waals surface area contributed by atoms with Gasteiger partial charge in [0.15, 0.2) is 5.78 Å². The van der Waals surface area contributed by atoms with Gasteiger partial charge in [0.25, 0.3) is 5.91 Å². The van der Waals surface area contributed by atoms with Crippen molar-refractivity contribution in [3.63, 3.8) is 0 Å². The summed E-state index contributed by atoms with van der Waals surface area (Å²) in [4.78, 5) is 30.6. The number of hydrogen-bond donors (Lipinski definition) is 1. The number of ketones is 1. The van der Waals surface area contributed by atoms with Crippen molar-refractivity contribution in [1.82, 2.24) is 4.98 Å². The van der Waals surface area contributed by atoms with Crippen LogP contribution in [-0.2, 0) is 6.42 Å². The summed E-state index contributed by atoms with van der Waals surface area (Å²) in [6.07, 6.45) is 2.51. The molecule has 1 N–H and O–H groups in total. The molecule has 1 aromatic heterocycles. The molecule has 1 unspecified atom stereocenters. The molecule has 0 fully saturated rings. The number of aromatic nitrogens is 1. The van der Waals surface area contributed by atoms with E-state index in [2.05, 4.69) is 23.3 Å². The highest BCUT2D eigenvalue weighted by Crippen LogP contribution is 2.32. The monoisotopic (exact) mass is 371 g/mol. The van der Waals surface area contributed by atoms with Gasteiger partial charge in [-0.1, -0.05) is 18.2 Å². The van der Waals surface area contributed by atoms with Gasteiger partial charge >= 0.3 is 0 Å². The van der Waals surface area contributed by atoms with Crippen molar-refractivity contribution in [2.75, 3.05) is 10.2 Å². The number of pyridine rings is 1. The van der Waals surface area contributed by atoms with E-state index in [0.29, 0.717) is 11.3 Å². The summed E-state index contributed by atoms with van der Waals surface area (Å²) in [5.41, 5.74) is 4.88. The standard InChI is InChI=1S/C23H21N3O2/c1-15-13-18-5-3-4-6-22(18)26(15)23(28)21-12-11-20(14-24-21)25-19-9-7-17(8-10-19)16(2)27/h3-12,14-15,25H,13H2,1-2H3. The molecule has 0 saturated heterocycles. The topological polar surface area (TPSA) is 62.3 Å². The first-order valence-corrected chi connectivity index (χ1v) is 9.28. The van der Waals surface area contributed by atoms with Crippen molar-refractivity contribution in [2.24, 2.45) is 0 Å². The quantitative estimate of drug-likeness (QED) is 0.680. The summed E-state index contributed by atoms with van der Waals surface area (Å²) in [6, 6.07) is 18.9. The Hall–Kier alpha value is -3.47. The van der Waals surface area contributed by atoms with Gasteiger partial charge in [-0.3, -0.25) is 9.59 Å². The van der Waals surface area contributed by atoms with Crippen molar-refractivity contribution >= 4 is 28.8 Å². The van der Waals surface area contributed by atoms with Gasteiger partial charge in [0, 0.05) is 23.0 Å². The van der Waals surface area contributed by atoms with Crippen LogP contribution in [0.5, 0.6) is 0 Å². The van der Waals surface area contributed by atoms with E-state index in [1.54, 1.807) is 31.3 Å². The highest BCUT2D eigenvalue weighted by Gasteiger charge is 2.31. The summed E-state index contributed by atoms with van der Waals surface area (Å²) in [6.45, 7) is 3.60. The third kappa shape index (κ3) is 3.39. The molecule has 4 rings (SSSR count). The lowest BCUT2D eigenvalue weighted by Crippen LogP contribution is -2.36. The van der Waals surface area contributed by atoms with Crippen molar-refractivity contribution in [3.8, 4) is 0 Å². The number of hydrogen-bond acceptors (Lipinski definition) is 4. The molecule has 0 saturated carbocycles. The molecule has 2 heterocycles. The maximum absolute atomic E-state index is 13.0. The average Bonchev–Trinajstić information content (AvgIpc) is 3.04. The van der Waals surface area contributed by atoms with Crippen molar-refractivity contribution in [1.29, 1.82) is 0 Å². The second-order valence-corrected chi connectivity index (χ2v) is 7.05. The summed E-state index contributed by atoms with van der Waals surface area (Å²) in [5, 5.41) is 3.23. The normalized spacial score (nSPS) is 15.2. The number of benzene rings is 2. The Kier molecular flexibility index (Phi) is 4.65. The number of nitrogens with zero attached hydrogens (tertiary/aromatic N) is 2. The van der Waals surface area contributed by atoms with Crippen LogP contribution >= 0.6 is 0 Å². The summed E-state index contributed by atoms with van der Waals surface area (Å²) in [7, 11) is 0. The summed E-state index contributed by atoms with van der Waals surface area (Å²) >= 11 is 0. The van der Waals surface area contributed by atoms with Gasteiger partial charge in [-0.15, -0.1) is 0 Å². The second-order valence-electron chi connectivity index (χ2n) is 7.05. The zero-order valence-corrected chi connectivity index (χ0v) is 15.8. The smallest absolute Gasteiger partial charge is 0.277 e. The van der Waals surface area contributed by atoms with Gasteiger partial charge in [0.05, 0.1) is 11.9 Å². The minimum Gasteiger partial charge on any atom is -0.354 e. The molecule has 28 heavy (non-hydrogen) atoms. The number of amides is 1.